The Hall–Kier alpha value is -0.130. The molecule has 0 atom stereocenters. The molecule has 0 amide bonds. The van der Waals surface area contributed by atoms with Gasteiger partial charge in [0.25, 0.3) is 0 Å². The summed E-state index contributed by atoms with van der Waals surface area (Å²) in [6, 6.07) is 0. The van der Waals surface area contributed by atoms with Crippen molar-refractivity contribution in [3.63, 3.8) is 0 Å². The molecule has 1 fully saturated rings. The summed E-state index contributed by atoms with van der Waals surface area (Å²) < 4.78 is 22.7. The van der Waals surface area contributed by atoms with Gasteiger partial charge in [0.1, 0.15) is 9.84 Å². The lowest BCUT2D eigenvalue weighted by Crippen LogP contribution is -2.56. The highest BCUT2D eigenvalue weighted by Crippen LogP contribution is 2.37. The Morgan fingerprint density at radius 3 is 2.24 bits per heavy atom. The van der Waals surface area contributed by atoms with Gasteiger partial charge in [-0.2, -0.15) is 0 Å². The summed E-state index contributed by atoms with van der Waals surface area (Å²) in [6.45, 7) is 7.04. The molecule has 1 saturated carbocycles. The van der Waals surface area contributed by atoms with Crippen LogP contribution >= 0.6 is 0 Å². The average Bonchev–Trinajstić information content (AvgIpc) is 2.45. The van der Waals surface area contributed by atoms with Crippen LogP contribution in [0.25, 0.3) is 0 Å². The molecule has 5 heteroatoms. The second-order valence-corrected chi connectivity index (χ2v) is 9.01. The molecule has 0 aromatic rings. The molecule has 21 heavy (non-hydrogen) atoms. The van der Waals surface area contributed by atoms with Crippen molar-refractivity contribution < 1.29 is 8.42 Å². The van der Waals surface area contributed by atoms with E-state index < -0.39 is 9.84 Å². The summed E-state index contributed by atoms with van der Waals surface area (Å²) in [4.78, 5) is 2.49. The predicted molar refractivity (Wildman–Crippen MR) is 90.2 cm³/mol. The Morgan fingerprint density at radius 1 is 1.19 bits per heavy atom. The van der Waals surface area contributed by atoms with E-state index in [0.717, 1.165) is 31.8 Å². The van der Waals surface area contributed by atoms with Crippen molar-refractivity contribution in [3.05, 3.63) is 0 Å². The van der Waals surface area contributed by atoms with Gasteiger partial charge in [-0.3, -0.25) is 4.90 Å². The van der Waals surface area contributed by atoms with Crippen molar-refractivity contribution >= 4 is 9.84 Å². The minimum Gasteiger partial charge on any atom is -0.329 e. The molecular formula is C16H34N2O2S. The van der Waals surface area contributed by atoms with Crippen LogP contribution in [0.3, 0.4) is 0 Å². The van der Waals surface area contributed by atoms with Crippen molar-refractivity contribution in [1.82, 2.24) is 4.90 Å². The molecule has 1 aliphatic carbocycles. The van der Waals surface area contributed by atoms with Gasteiger partial charge in [0, 0.05) is 18.3 Å². The van der Waals surface area contributed by atoms with Crippen LogP contribution in [-0.4, -0.2) is 50.5 Å². The van der Waals surface area contributed by atoms with Gasteiger partial charge in [0.2, 0.25) is 0 Å². The van der Waals surface area contributed by atoms with Crippen LogP contribution in [-0.2, 0) is 9.84 Å². The van der Waals surface area contributed by atoms with Crippen LogP contribution in [0.5, 0.6) is 0 Å². The second kappa shape index (κ2) is 8.49. The fourth-order valence-corrected chi connectivity index (χ4v) is 4.30. The van der Waals surface area contributed by atoms with Crippen molar-refractivity contribution in [2.45, 2.75) is 64.3 Å². The molecule has 2 N–H and O–H groups in total. The van der Waals surface area contributed by atoms with Crippen LogP contribution in [0.1, 0.15) is 58.8 Å². The maximum atomic E-state index is 11.3. The van der Waals surface area contributed by atoms with E-state index in [0.29, 0.717) is 6.54 Å². The molecular weight excluding hydrogens is 284 g/mol. The lowest BCUT2D eigenvalue weighted by atomic mass is 9.74. The maximum absolute atomic E-state index is 11.3. The third kappa shape index (κ3) is 5.87. The Bertz CT molecular complexity index is 387. The van der Waals surface area contributed by atoms with Crippen molar-refractivity contribution in [2.24, 2.45) is 11.7 Å². The molecule has 1 rings (SSSR count). The molecule has 0 spiro atoms. The summed E-state index contributed by atoms with van der Waals surface area (Å²) in [5, 5.41) is 0. The highest BCUT2D eigenvalue weighted by Gasteiger charge is 2.38. The van der Waals surface area contributed by atoms with Crippen LogP contribution in [0.2, 0.25) is 0 Å². The van der Waals surface area contributed by atoms with Gasteiger partial charge >= 0.3 is 0 Å². The molecule has 4 nitrogen and oxygen atoms in total. The normalized spacial score (nSPS) is 27.2. The van der Waals surface area contributed by atoms with Gasteiger partial charge in [-0.15, -0.1) is 0 Å². The minimum atomic E-state index is -2.86. The van der Waals surface area contributed by atoms with Crippen LogP contribution in [0, 0.1) is 5.92 Å². The van der Waals surface area contributed by atoms with Crippen LogP contribution in [0.4, 0.5) is 0 Å². The Morgan fingerprint density at radius 2 is 1.81 bits per heavy atom. The van der Waals surface area contributed by atoms with Gasteiger partial charge in [0.15, 0.2) is 0 Å². The topological polar surface area (TPSA) is 63.4 Å². The summed E-state index contributed by atoms with van der Waals surface area (Å²) in [7, 11) is -2.86. The fourth-order valence-electron chi connectivity index (χ4n) is 3.65. The highest BCUT2D eigenvalue weighted by atomic mass is 32.2. The molecule has 0 unspecified atom stereocenters. The van der Waals surface area contributed by atoms with Crippen molar-refractivity contribution in [1.29, 1.82) is 0 Å². The molecule has 126 valence electrons. The van der Waals surface area contributed by atoms with Crippen LogP contribution < -0.4 is 5.73 Å². The first-order chi connectivity index (χ1) is 9.87. The van der Waals surface area contributed by atoms with E-state index >= 15 is 0 Å². The lowest BCUT2D eigenvalue weighted by Gasteiger charge is -2.48. The predicted octanol–water partition coefficient (Wildman–Crippen LogP) is 2.43. The molecule has 0 aliphatic heterocycles. The van der Waals surface area contributed by atoms with E-state index in [9.17, 15) is 8.42 Å². The summed E-state index contributed by atoms with van der Waals surface area (Å²) in [6.07, 6.45) is 9.27. The number of nitrogens with two attached hydrogens (primary N) is 1. The van der Waals surface area contributed by atoms with Crippen LogP contribution in [0.15, 0.2) is 0 Å². The first kappa shape index (κ1) is 18.9. The minimum absolute atomic E-state index is 0.110. The zero-order valence-electron chi connectivity index (χ0n) is 14.1. The molecule has 1 aliphatic rings. The molecule has 0 heterocycles. The Labute approximate surface area is 131 Å². The number of hydrogen-bond acceptors (Lipinski definition) is 4. The third-order valence-corrected chi connectivity index (χ3v) is 6.13. The summed E-state index contributed by atoms with van der Waals surface area (Å²) in [5.74, 6) is 1.13. The second-order valence-electron chi connectivity index (χ2n) is 6.75. The zero-order chi connectivity index (χ0) is 15.9. The third-order valence-electron chi connectivity index (χ3n) is 5.10. The van der Waals surface area contributed by atoms with Gasteiger partial charge in [-0.05, 0) is 57.5 Å². The smallest absolute Gasteiger partial charge is 0.147 e. The Kier molecular flexibility index (Phi) is 7.65. The number of nitrogens with zero attached hydrogens (tertiary/aromatic N) is 1. The van der Waals surface area contributed by atoms with Gasteiger partial charge in [0.05, 0.1) is 5.75 Å². The fraction of sp³-hybridized carbons (Fsp3) is 1.00. The Balaban J connectivity index is 2.67. The number of rotatable bonds is 9. The van der Waals surface area contributed by atoms with E-state index in [2.05, 4.69) is 18.7 Å². The quantitative estimate of drug-likeness (QED) is 0.709. The monoisotopic (exact) mass is 318 g/mol. The van der Waals surface area contributed by atoms with E-state index in [1.165, 1.54) is 38.4 Å². The van der Waals surface area contributed by atoms with Gasteiger partial charge in [-0.1, -0.05) is 20.3 Å². The number of sulfone groups is 1. The van der Waals surface area contributed by atoms with Gasteiger partial charge in [-0.25, -0.2) is 8.42 Å². The first-order valence-corrected chi connectivity index (χ1v) is 10.6. The van der Waals surface area contributed by atoms with E-state index in [1.807, 2.05) is 0 Å². The molecule has 0 saturated heterocycles. The van der Waals surface area contributed by atoms with Crippen molar-refractivity contribution in [2.75, 3.05) is 31.6 Å². The van der Waals surface area contributed by atoms with Gasteiger partial charge < -0.3 is 5.73 Å². The number of hydrogen-bond donors (Lipinski definition) is 1. The van der Waals surface area contributed by atoms with E-state index in [-0.39, 0.29) is 11.3 Å². The molecule has 0 aromatic carbocycles. The first-order valence-electron chi connectivity index (χ1n) is 8.49. The zero-order valence-corrected chi connectivity index (χ0v) is 14.9. The average molecular weight is 319 g/mol. The summed E-state index contributed by atoms with van der Waals surface area (Å²) >= 11 is 0. The highest BCUT2D eigenvalue weighted by molar-refractivity contribution is 7.90. The van der Waals surface area contributed by atoms with E-state index in [4.69, 9.17) is 5.73 Å². The largest absolute Gasteiger partial charge is 0.329 e. The van der Waals surface area contributed by atoms with Crippen molar-refractivity contribution in [3.8, 4) is 0 Å². The molecule has 0 bridgehead atoms. The lowest BCUT2D eigenvalue weighted by molar-refractivity contribution is 0.0415. The van der Waals surface area contributed by atoms with E-state index in [1.54, 1.807) is 0 Å². The molecule has 0 radical (unpaired) electrons. The standard InChI is InChI=1S/C16H34N2O2S/c1-4-11-18(12-6-13-21(3,19)20)16(14-17)9-7-15(5-2)8-10-16/h15H,4-14,17H2,1-3H3. The molecule has 0 aromatic heterocycles. The summed E-state index contributed by atoms with van der Waals surface area (Å²) in [5.41, 5.74) is 6.26. The SMILES string of the molecule is CCCN(CCCS(C)(=O)=O)C1(CN)CCC(CC)CC1. The maximum Gasteiger partial charge on any atom is 0.147 e.